The number of nitrogens with one attached hydrogen (secondary N) is 1. The molecule has 7 nitrogen and oxygen atoms in total. The molecule has 5 rings (SSSR count). The van der Waals surface area contributed by atoms with Crippen LogP contribution in [0.2, 0.25) is 0 Å². The Morgan fingerprint density at radius 3 is 2.42 bits per heavy atom. The summed E-state index contributed by atoms with van der Waals surface area (Å²) in [6.07, 6.45) is 2.83. The van der Waals surface area contributed by atoms with E-state index in [2.05, 4.69) is 31.1 Å². The van der Waals surface area contributed by atoms with E-state index in [1.54, 1.807) is 42.6 Å². The highest BCUT2D eigenvalue weighted by Crippen LogP contribution is 2.25. The van der Waals surface area contributed by atoms with E-state index >= 15 is 0 Å². The van der Waals surface area contributed by atoms with Gasteiger partial charge in [-0.25, -0.2) is 12.8 Å². The highest BCUT2D eigenvalue weighted by atomic mass is 32.2. The van der Waals surface area contributed by atoms with Crippen LogP contribution in [0.3, 0.4) is 0 Å². The van der Waals surface area contributed by atoms with Gasteiger partial charge in [0.15, 0.2) is 0 Å². The van der Waals surface area contributed by atoms with E-state index in [9.17, 15) is 12.8 Å². The third-order valence-corrected chi connectivity index (χ3v) is 7.70. The van der Waals surface area contributed by atoms with Crippen molar-refractivity contribution >= 4 is 32.3 Å². The number of halogens is 1. The summed E-state index contributed by atoms with van der Waals surface area (Å²) in [6.45, 7) is 8.24. The first-order valence-corrected chi connectivity index (χ1v) is 13.1. The molecule has 1 aliphatic heterocycles. The van der Waals surface area contributed by atoms with Crippen molar-refractivity contribution < 1.29 is 12.8 Å². The van der Waals surface area contributed by atoms with Gasteiger partial charge in [-0.05, 0) is 42.0 Å². The van der Waals surface area contributed by atoms with Crippen molar-refractivity contribution in [1.29, 1.82) is 0 Å². The average molecular weight is 504 g/mol. The van der Waals surface area contributed by atoms with E-state index in [1.165, 1.54) is 12.3 Å². The molecule has 184 valence electrons. The van der Waals surface area contributed by atoms with Crippen molar-refractivity contribution in [3.63, 3.8) is 0 Å². The monoisotopic (exact) mass is 503 g/mol. The number of sulfonamides is 1. The topological polar surface area (TPSA) is 78.4 Å². The van der Waals surface area contributed by atoms with Crippen molar-refractivity contribution in [2.45, 2.75) is 11.4 Å². The predicted octanol–water partition coefficient (Wildman–Crippen LogP) is 4.36. The van der Waals surface area contributed by atoms with Crippen molar-refractivity contribution in [3.05, 3.63) is 103 Å². The quantitative estimate of drug-likeness (QED) is 0.404. The molecule has 0 atom stereocenters. The van der Waals surface area contributed by atoms with E-state index in [0.717, 1.165) is 48.5 Å². The second-order valence-corrected chi connectivity index (χ2v) is 10.3. The molecule has 3 heterocycles. The summed E-state index contributed by atoms with van der Waals surface area (Å²) in [4.78, 5) is 13.0. The molecule has 2 aromatic heterocycles. The smallest absolute Gasteiger partial charge is 0.264 e. The van der Waals surface area contributed by atoms with Gasteiger partial charge >= 0.3 is 0 Å². The number of fused-ring (bicyclic) bond motifs is 1. The molecule has 0 spiro atoms. The summed E-state index contributed by atoms with van der Waals surface area (Å²) in [5, 5.41) is 0.765. The number of pyridine rings is 2. The maximum absolute atomic E-state index is 13.1. The average Bonchev–Trinajstić information content (AvgIpc) is 2.90. The minimum Gasteiger partial charge on any atom is -0.369 e. The lowest BCUT2D eigenvalue weighted by Crippen LogP contribution is -2.44. The molecule has 1 aliphatic rings. The van der Waals surface area contributed by atoms with Gasteiger partial charge in [0.2, 0.25) is 0 Å². The Balaban J connectivity index is 1.21. The third-order valence-electron chi connectivity index (χ3n) is 6.28. The zero-order valence-corrected chi connectivity index (χ0v) is 20.5. The van der Waals surface area contributed by atoms with Gasteiger partial charge in [-0.1, -0.05) is 36.9 Å². The molecule has 0 aliphatic carbocycles. The molecule has 1 saturated heterocycles. The zero-order valence-electron chi connectivity index (χ0n) is 19.6. The molecule has 0 radical (unpaired) electrons. The normalized spacial score (nSPS) is 14.6. The maximum Gasteiger partial charge on any atom is 0.264 e. The highest BCUT2D eigenvalue weighted by molar-refractivity contribution is 7.93. The van der Waals surface area contributed by atoms with Crippen molar-refractivity contribution in [2.24, 2.45) is 0 Å². The molecule has 1 N–H and O–H groups in total. The number of aromatic nitrogens is 2. The molecule has 4 aromatic rings. The molecule has 2 aromatic carbocycles. The summed E-state index contributed by atoms with van der Waals surface area (Å²) in [6, 6.07) is 19.1. The molecule has 36 heavy (non-hydrogen) atoms. The molecular weight excluding hydrogens is 477 g/mol. The Hall–Kier alpha value is -3.82. The lowest BCUT2D eigenvalue weighted by Gasteiger charge is -2.37. The van der Waals surface area contributed by atoms with Gasteiger partial charge in [0, 0.05) is 55.7 Å². The highest BCUT2D eigenvalue weighted by Gasteiger charge is 2.21. The lowest BCUT2D eigenvalue weighted by atomic mass is 10.1. The van der Waals surface area contributed by atoms with Gasteiger partial charge in [-0.2, -0.15) is 0 Å². The number of nitrogens with zero attached hydrogens (tertiary/aromatic N) is 4. The SMILES string of the molecule is C=C(c1ccc(NS(=O)(=O)c2cccc3cccnc23)cc1)N1CCN(Cc2ccc(F)cn2)CC1. The molecule has 0 unspecified atom stereocenters. The Bertz CT molecular complexity index is 1480. The van der Waals surface area contributed by atoms with Gasteiger partial charge in [0.05, 0.1) is 17.4 Å². The van der Waals surface area contributed by atoms with Gasteiger partial charge in [-0.15, -0.1) is 0 Å². The Morgan fingerprint density at radius 1 is 0.944 bits per heavy atom. The van der Waals surface area contributed by atoms with E-state index in [-0.39, 0.29) is 10.7 Å². The van der Waals surface area contributed by atoms with Crippen molar-refractivity contribution in [2.75, 3.05) is 30.9 Å². The first-order valence-electron chi connectivity index (χ1n) is 11.6. The number of para-hydroxylation sites is 1. The summed E-state index contributed by atoms with van der Waals surface area (Å²) >= 11 is 0. The number of benzene rings is 2. The second kappa shape index (κ2) is 10.0. The minimum atomic E-state index is -3.80. The molecule has 0 bridgehead atoms. The molecule has 0 saturated carbocycles. The predicted molar refractivity (Wildman–Crippen MR) is 139 cm³/mol. The summed E-state index contributed by atoms with van der Waals surface area (Å²) in [7, 11) is -3.80. The maximum atomic E-state index is 13.1. The Labute approximate surface area is 210 Å². The fourth-order valence-corrected chi connectivity index (χ4v) is 5.56. The Morgan fingerprint density at radius 2 is 1.69 bits per heavy atom. The fraction of sp³-hybridized carbons (Fsp3) is 0.185. The molecule has 9 heteroatoms. The van der Waals surface area contributed by atoms with Gasteiger partial charge < -0.3 is 4.90 Å². The molecular formula is C27H26FN5O2S. The van der Waals surface area contributed by atoms with Crippen molar-refractivity contribution in [3.8, 4) is 0 Å². The van der Waals surface area contributed by atoms with Crippen LogP contribution in [-0.4, -0.2) is 54.4 Å². The number of rotatable bonds is 7. The van der Waals surface area contributed by atoms with Crippen LogP contribution in [0.5, 0.6) is 0 Å². The number of anilines is 1. The summed E-state index contributed by atoms with van der Waals surface area (Å²) in [5.41, 5.74) is 3.57. The van der Waals surface area contributed by atoms with Crippen LogP contribution in [0.25, 0.3) is 16.6 Å². The molecule has 0 amide bonds. The third kappa shape index (κ3) is 5.22. The first-order chi connectivity index (χ1) is 17.4. The number of hydrogen-bond donors (Lipinski definition) is 1. The van der Waals surface area contributed by atoms with E-state index in [1.807, 2.05) is 24.3 Å². The summed E-state index contributed by atoms with van der Waals surface area (Å²) in [5.74, 6) is -0.329. The zero-order chi connectivity index (χ0) is 25.1. The van der Waals surface area contributed by atoms with Crippen LogP contribution in [0.1, 0.15) is 11.3 Å². The van der Waals surface area contributed by atoms with E-state index in [0.29, 0.717) is 17.7 Å². The van der Waals surface area contributed by atoms with Crippen LogP contribution in [0.15, 0.2) is 90.6 Å². The summed E-state index contributed by atoms with van der Waals surface area (Å²) < 4.78 is 41.8. The van der Waals surface area contributed by atoms with Crippen LogP contribution in [-0.2, 0) is 16.6 Å². The van der Waals surface area contributed by atoms with Gasteiger partial charge in [-0.3, -0.25) is 19.6 Å². The second-order valence-electron chi connectivity index (χ2n) is 8.69. The van der Waals surface area contributed by atoms with Gasteiger partial charge in [0.1, 0.15) is 10.7 Å². The van der Waals surface area contributed by atoms with Crippen LogP contribution < -0.4 is 4.72 Å². The minimum absolute atomic E-state index is 0.141. The van der Waals surface area contributed by atoms with Crippen molar-refractivity contribution in [1.82, 2.24) is 19.8 Å². The first kappa shape index (κ1) is 23.9. The number of hydrogen-bond acceptors (Lipinski definition) is 6. The standard InChI is InChI=1S/C27H26FN5O2S/c1-20(33-16-14-32(15-17-33)19-25-12-9-23(28)18-30-25)21-7-10-24(11-8-21)31-36(34,35)26-6-2-4-22-5-3-13-29-27(22)26/h2-13,18,31H,1,14-17,19H2. The largest absolute Gasteiger partial charge is 0.369 e. The lowest BCUT2D eigenvalue weighted by molar-refractivity contribution is 0.167. The van der Waals surface area contributed by atoms with Crippen LogP contribution in [0.4, 0.5) is 10.1 Å². The Kier molecular flexibility index (Phi) is 6.67. The number of piperazine rings is 1. The molecule has 1 fully saturated rings. The van der Waals surface area contributed by atoms with Crippen LogP contribution >= 0.6 is 0 Å². The van der Waals surface area contributed by atoms with Crippen LogP contribution in [0, 0.1) is 5.82 Å². The fourth-order valence-electron chi connectivity index (χ4n) is 4.32. The van der Waals surface area contributed by atoms with Gasteiger partial charge in [0.25, 0.3) is 10.0 Å². The van der Waals surface area contributed by atoms with E-state index in [4.69, 9.17) is 0 Å². The van der Waals surface area contributed by atoms with E-state index < -0.39 is 10.0 Å².